The molecule has 1 atom stereocenters. The summed E-state index contributed by atoms with van der Waals surface area (Å²) in [6.07, 6.45) is 4.12. The van der Waals surface area contributed by atoms with Gasteiger partial charge in [-0.25, -0.2) is 23.4 Å². The highest BCUT2D eigenvalue weighted by Crippen LogP contribution is 2.37. The van der Waals surface area contributed by atoms with Crippen LogP contribution in [0.1, 0.15) is 35.3 Å². The molecule has 11 nitrogen and oxygen atoms in total. The first kappa shape index (κ1) is 29.4. The van der Waals surface area contributed by atoms with Crippen molar-refractivity contribution >= 4 is 22.5 Å². The summed E-state index contributed by atoms with van der Waals surface area (Å²) in [5, 5.41) is 3.12. The Morgan fingerprint density at radius 1 is 1.02 bits per heavy atom. The van der Waals surface area contributed by atoms with Gasteiger partial charge >= 0.3 is 0 Å². The van der Waals surface area contributed by atoms with Gasteiger partial charge in [-0.15, -0.1) is 0 Å². The summed E-state index contributed by atoms with van der Waals surface area (Å²) >= 11 is 0. The van der Waals surface area contributed by atoms with E-state index >= 15 is 4.39 Å². The molecule has 236 valence electrons. The first-order valence-corrected chi connectivity index (χ1v) is 14.9. The second-order valence-electron chi connectivity index (χ2n) is 11.0. The number of methoxy groups -OCH3 is 1. The van der Waals surface area contributed by atoms with Gasteiger partial charge in [0.05, 0.1) is 42.6 Å². The average Bonchev–Trinajstić information content (AvgIpc) is 3.67. The van der Waals surface area contributed by atoms with Crippen LogP contribution in [0.5, 0.6) is 23.1 Å². The Labute approximate surface area is 261 Å². The molecule has 2 aliphatic heterocycles. The van der Waals surface area contributed by atoms with E-state index in [-0.39, 0.29) is 29.0 Å². The van der Waals surface area contributed by atoms with E-state index in [0.29, 0.717) is 60.0 Å². The molecule has 2 aliphatic rings. The Hall–Kier alpha value is -5.30. The lowest BCUT2D eigenvalue weighted by Gasteiger charge is -2.19. The van der Waals surface area contributed by atoms with Crippen LogP contribution in [0.4, 0.5) is 14.5 Å². The van der Waals surface area contributed by atoms with E-state index in [9.17, 15) is 14.0 Å². The van der Waals surface area contributed by atoms with E-state index in [4.69, 9.17) is 18.9 Å². The number of hydrogen-bond acceptors (Lipinski definition) is 8. The lowest BCUT2D eigenvalue weighted by Crippen LogP contribution is -2.26. The Morgan fingerprint density at radius 2 is 1.87 bits per heavy atom. The molecule has 13 heteroatoms. The zero-order valence-corrected chi connectivity index (χ0v) is 24.8. The number of carbonyl (C=O) groups excluding carboxylic acids is 1. The number of hydrogen-bond donors (Lipinski definition) is 1. The molecule has 7 rings (SSSR count). The molecule has 2 aromatic heterocycles. The summed E-state index contributed by atoms with van der Waals surface area (Å²) in [6.45, 7) is 1.64. The molecule has 4 heterocycles. The van der Waals surface area contributed by atoms with Crippen LogP contribution < -0.4 is 25.1 Å². The third-order valence-corrected chi connectivity index (χ3v) is 8.04. The van der Waals surface area contributed by atoms with E-state index in [1.165, 1.54) is 54.5 Å². The summed E-state index contributed by atoms with van der Waals surface area (Å²) in [6, 6.07) is 12.8. The number of amides is 1. The minimum Gasteiger partial charge on any atom is -0.493 e. The highest BCUT2D eigenvalue weighted by atomic mass is 19.1. The summed E-state index contributed by atoms with van der Waals surface area (Å²) in [5.74, 6) is -0.978. The number of anilines is 1. The number of aromatic nitrogens is 4. The SMILES string of the molecule is COc1cc2c(Oc3ccc(NC(=O)c4c5n(n(-c6ccc(F)cc6)c4=O)CCCC5)cc3F)ncnc2cc1O[C@H]1CCOC1. The third-order valence-electron chi connectivity index (χ3n) is 8.04. The van der Waals surface area contributed by atoms with Crippen LogP contribution >= 0.6 is 0 Å². The lowest BCUT2D eigenvalue weighted by molar-refractivity contribution is 0.102. The van der Waals surface area contributed by atoms with Crippen molar-refractivity contribution in [2.24, 2.45) is 0 Å². The monoisotopic (exact) mass is 629 g/mol. The Balaban J connectivity index is 1.14. The van der Waals surface area contributed by atoms with Gasteiger partial charge in [-0.3, -0.25) is 14.3 Å². The van der Waals surface area contributed by atoms with Gasteiger partial charge in [0, 0.05) is 30.8 Å². The maximum Gasteiger partial charge on any atom is 0.284 e. The smallest absolute Gasteiger partial charge is 0.284 e. The maximum atomic E-state index is 15.4. The second-order valence-corrected chi connectivity index (χ2v) is 11.0. The van der Waals surface area contributed by atoms with E-state index < -0.39 is 23.1 Å². The predicted molar refractivity (Wildman–Crippen MR) is 163 cm³/mol. The third kappa shape index (κ3) is 5.53. The number of nitrogens with one attached hydrogen (secondary N) is 1. The molecule has 0 bridgehead atoms. The van der Waals surface area contributed by atoms with E-state index in [2.05, 4.69) is 15.3 Å². The fourth-order valence-electron chi connectivity index (χ4n) is 5.82. The van der Waals surface area contributed by atoms with Gasteiger partial charge in [-0.1, -0.05) is 0 Å². The molecule has 0 saturated carbocycles. The fourth-order valence-corrected chi connectivity index (χ4v) is 5.82. The largest absolute Gasteiger partial charge is 0.493 e. The number of ether oxygens (including phenoxy) is 4. The van der Waals surface area contributed by atoms with Gasteiger partial charge in [0.2, 0.25) is 5.88 Å². The number of carbonyl (C=O) groups is 1. The Bertz CT molecular complexity index is 2000. The van der Waals surface area contributed by atoms with Crippen LogP contribution in [0.3, 0.4) is 0 Å². The maximum absolute atomic E-state index is 15.4. The Kier molecular flexibility index (Phi) is 7.83. The molecule has 0 radical (unpaired) electrons. The fraction of sp³-hybridized carbons (Fsp3) is 0.273. The highest BCUT2D eigenvalue weighted by molar-refractivity contribution is 6.05. The second kappa shape index (κ2) is 12.2. The van der Waals surface area contributed by atoms with Gasteiger partial charge in [0.1, 0.15) is 23.8 Å². The summed E-state index contributed by atoms with van der Waals surface area (Å²) in [5.41, 5.74) is 1.10. The molecule has 5 aromatic rings. The Morgan fingerprint density at radius 3 is 2.63 bits per heavy atom. The summed E-state index contributed by atoms with van der Waals surface area (Å²) in [4.78, 5) is 35.5. The molecule has 1 N–H and O–H groups in total. The van der Waals surface area contributed by atoms with Gasteiger partial charge in [-0.05, 0) is 61.7 Å². The van der Waals surface area contributed by atoms with Crippen LogP contribution in [-0.2, 0) is 17.7 Å². The van der Waals surface area contributed by atoms with Crippen molar-refractivity contribution in [3.63, 3.8) is 0 Å². The molecule has 1 fully saturated rings. The molecular formula is C33H29F2N5O6. The van der Waals surface area contributed by atoms with Crippen molar-refractivity contribution in [1.82, 2.24) is 19.3 Å². The van der Waals surface area contributed by atoms with Gasteiger partial charge in [0.15, 0.2) is 23.1 Å². The van der Waals surface area contributed by atoms with Gasteiger partial charge < -0.3 is 24.3 Å². The van der Waals surface area contributed by atoms with Crippen molar-refractivity contribution in [2.45, 2.75) is 38.3 Å². The van der Waals surface area contributed by atoms with Crippen LogP contribution in [-0.4, -0.2) is 51.7 Å². The predicted octanol–water partition coefficient (Wildman–Crippen LogP) is 5.42. The molecule has 3 aromatic carbocycles. The van der Waals surface area contributed by atoms with Crippen LogP contribution in [0.15, 0.2) is 65.7 Å². The van der Waals surface area contributed by atoms with Crippen molar-refractivity contribution in [2.75, 3.05) is 25.6 Å². The average molecular weight is 630 g/mol. The van der Waals surface area contributed by atoms with Gasteiger partial charge in [-0.2, -0.15) is 0 Å². The summed E-state index contributed by atoms with van der Waals surface area (Å²) in [7, 11) is 1.51. The molecule has 1 amide bonds. The molecule has 0 spiro atoms. The van der Waals surface area contributed by atoms with E-state index in [1.54, 1.807) is 16.8 Å². The number of rotatable bonds is 8. The lowest BCUT2D eigenvalue weighted by atomic mass is 10.1. The molecule has 46 heavy (non-hydrogen) atoms. The normalized spacial score (nSPS) is 15.8. The van der Waals surface area contributed by atoms with E-state index in [1.807, 2.05) is 0 Å². The first-order chi connectivity index (χ1) is 22.4. The minimum absolute atomic E-state index is 0.0324. The standard InChI is InChI=1S/C33H29F2N5O6/c1-43-28-15-23-25(16-29(28)45-22-11-13-44-17-22)36-18-37-32(23)46-27-10-7-20(14-24(27)35)38-31(41)30-26-4-2-3-12-39(26)40(33(30)42)21-8-5-19(34)6-9-21/h5-10,14-16,18,22H,2-4,11-13,17H2,1H3,(H,38,41)/t22-/m0/s1. The number of fused-ring (bicyclic) bond motifs is 2. The topological polar surface area (TPSA) is 119 Å². The number of halogens is 2. The van der Waals surface area contributed by atoms with Crippen LogP contribution in [0.2, 0.25) is 0 Å². The van der Waals surface area contributed by atoms with Crippen LogP contribution in [0, 0.1) is 11.6 Å². The van der Waals surface area contributed by atoms with Crippen LogP contribution in [0.25, 0.3) is 16.6 Å². The van der Waals surface area contributed by atoms with Crippen molar-refractivity contribution in [3.8, 4) is 28.8 Å². The molecule has 0 aliphatic carbocycles. The van der Waals surface area contributed by atoms with Crippen molar-refractivity contribution in [3.05, 3.63) is 94.2 Å². The number of benzene rings is 3. The minimum atomic E-state index is -0.764. The zero-order chi connectivity index (χ0) is 31.8. The van der Waals surface area contributed by atoms with Crippen molar-refractivity contribution < 1.29 is 32.5 Å². The van der Waals surface area contributed by atoms with Crippen molar-refractivity contribution in [1.29, 1.82) is 0 Å². The van der Waals surface area contributed by atoms with E-state index in [0.717, 1.165) is 25.3 Å². The summed E-state index contributed by atoms with van der Waals surface area (Å²) < 4.78 is 54.9. The number of nitrogens with zero attached hydrogens (tertiary/aromatic N) is 4. The zero-order valence-electron chi connectivity index (χ0n) is 24.8. The highest BCUT2D eigenvalue weighted by Gasteiger charge is 2.28. The molecule has 1 saturated heterocycles. The van der Waals surface area contributed by atoms with Gasteiger partial charge in [0.25, 0.3) is 11.5 Å². The molecular weight excluding hydrogens is 600 g/mol. The quantitative estimate of drug-likeness (QED) is 0.242. The molecule has 0 unspecified atom stereocenters. The first-order valence-electron chi connectivity index (χ1n) is 14.9.